The predicted molar refractivity (Wildman–Crippen MR) is 221 cm³/mol. The first-order chi connectivity index (χ1) is 27.7. The molecule has 4 atom stereocenters. The Labute approximate surface area is 338 Å². The van der Waals surface area contributed by atoms with Crippen LogP contribution in [0.15, 0.2) is 85.1 Å². The molecule has 1 aliphatic heterocycles. The lowest BCUT2D eigenvalue weighted by atomic mass is 10.0. The number of primary amides is 1. The molecule has 1 saturated heterocycles. The number of aromatic amines is 1. The molecule has 8 N–H and O–H groups in total. The van der Waals surface area contributed by atoms with E-state index in [9.17, 15) is 28.8 Å². The van der Waals surface area contributed by atoms with Gasteiger partial charge < -0.3 is 46.9 Å². The Morgan fingerprint density at radius 3 is 2.31 bits per heavy atom. The molecular weight excluding hydrogens is 741 g/mol. The van der Waals surface area contributed by atoms with Crippen LogP contribution in [0.1, 0.15) is 63.1 Å². The molecule has 58 heavy (non-hydrogen) atoms. The molecule has 0 bridgehead atoms. The van der Waals surface area contributed by atoms with Crippen LogP contribution in [0.4, 0.5) is 15.3 Å². The number of ether oxygens (including phenoxy) is 1. The molecule has 0 saturated carbocycles. The maximum Gasteiger partial charge on any atom is 0.408 e. The molecular formula is C43H54N8O7. The fraction of sp³-hybridized carbons (Fsp3) is 0.395. The summed E-state index contributed by atoms with van der Waals surface area (Å²) < 4.78 is 5.49. The number of nitrogens with zero attached hydrogens (tertiary/aromatic N) is 1. The third-order valence-corrected chi connectivity index (χ3v) is 9.82. The molecule has 1 aromatic heterocycles. The molecule has 0 unspecified atom stereocenters. The van der Waals surface area contributed by atoms with Crippen LogP contribution in [0.25, 0.3) is 10.9 Å². The number of rotatable bonds is 17. The maximum absolute atomic E-state index is 14.1. The van der Waals surface area contributed by atoms with Crippen molar-refractivity contribution < 1.29 is 33.5 Å². The van der Waals surface area contributed by atoms with Crippen molar-refractivity contribution in [1.29, 1.82) is 0 Å². The summed E-state index contributed by atoms with van der Waals surface area (Å²) in [6.45, 7) is 7.38. The second-order valence-corrected chi connectivity index (χ2v) is 15.6. The number of alkyl carbamates (subject to hydrolysis) is 1. The van der Waals surface area contributed by atoms with Gasteiger partial charge in [0, 0.05) is 55.1 Å². The van der Waals surface area contributed by atoms with Gasteiger partial charge in [0.15, 0.2) is 0 Å². The molecule has 0 spiro atoms. The molecule has 5 rings (SSSR count). The van der Waals surface area contributed by atoms with Gasteiger partial charge in [0.2, 0.25) is 23.6 Å². The van der Waals surface area contributed by atoms with E-state index >= 15 is 0 Å². The number of H-pyrrole nitrogens is 1. The number of hydrogen-bond donors (Lipinski definition) is 7. The lowest BCUT2D eigenvalue weighted by molar-refractivity contribution is -0.136. The third kappa shape index (κ3) is 12.3. The topological polar surface area (TPSA) is 217 Å². The molecule has 7 amide bonds. The maximum atomic E-state index is 14.1. The lowest BCUT2D eigenvalue weighted by Crippen LogP contribution is -2.56. The number of likely N-dealkylation sites (tertiary alicyclic amines) is 1. The fourth-order valence-electron chi connectivity index (χ4n) is 6.91. The molecule has 1 fully saturated rings. The molecule has 1 aliphatic rings. The summed E-state index contributed by atoms with van der Waals surface area (Å²) in [6, 6.07) is 20.0. The van der Waals surface area contributed by atoms with Crippen LogP contribution in [0.2, 0.25) is 0 Å². The van der Waals surface area contributed by atoms with Crippen molar-refractivity contribution in [1.82, 2.24) is 31.2 Å². The Morgan fingerprint density at radius 1 is 0.879 bits per heavy atom. The number of aryl methyl sites for hydroxylation is 1. The van der Waals surface area contributed by atoms with Gasteiger partial charge in [-0.2, -0.15) is 0 Å². The number of aromatic nitrogens is 1. The number of anilines is 1. The largest absolute Gasteiger partial charge is 0.444 e. The minimum absolute atomic E-state index is 0.0506. The number of carbonyl (C=O) groups excluding carboxylic acids is 6. The number of urea groups is 1. The third-order valence-electron chi connectivity index (χ3n) is 9.82. The summed E-state index contributed by atoms with van der Waals surface area (Å²) in [5, 5.41) is 15.0. The summed E-state index contributed by atoms with van der Waals surface area (Å²) in [4.78, 5) is 84.1. The number of benzene rings is 3. The van der Waals surface area contributed by atoms with E-state index in [-0.39, 0.29) is 44.2 Å². The second-order valence-electron chi connectivity index (χ2n) is 15.6. The number of nitrogens with two attached hydrogens (primary N) is 1. The van der Waals surface area contributed by atoms with Crippen molar-refractivity contribution in [3.63, 3.8) is 0 Å². The van der Waals surface area contributed by atoms with Gasteiger partial charge in [0.1, 0.15) is 23.7 Å². The summed E-state index contributed by atoms with van der Waals surface area (Å²) in [6.07, 6.45) is 2.30. The van der Waals surface area contributed by atoms with Gasteiger partial charge in [-0.05, 0) is 75.8 Å². The van der Waals surface area contributed by atoms with Gasteiger partial charge in [0.25, 0.3) is 0 Å². The molecule has 4 aromatic rings. The molecule has 15 nitrogen and oxygen atoms in total. The minimum atomic E-state index is -1.13. The van der Waals surface area contributed by atoms with Crippen molar-refractivity contribution >= 4 is 52.3 Å². The van der Waals surface area contributed by atoms with Crippen molar-refractivity contribution in [2.45, 2.75) is 96.0 Å². The van der Waals surface area contributed by atoms with E-state index in [2.05, 4.69) is 31.6 Å². The highest BCUT2D eigenvalue weighted by atomic mass is 16.6. The summed E-state index contributed by atoms with van der Waals surface area (Å²) >= 11 is 0. The Bertz CT molecular complexity index is 2080. The highest BCUT2D eigenvalue weighted by molar-refractivity contribution is 5.94. The number of hydrogen-bond acceptors (Lipinski definition) is 7. The second kappa shape index (κ2) is 19.7. The Kier molecular flexibility index (Phi) is 14.5. The van der Waals surface area contributed by atoms with Gasteiger partial charge in [-0.15, -0.1) is 0 Å². The monoisotopic (exact) mass is 794 g/mol. The Morgan fingerprint density at radius 2 is 1.59 bits per heavy atom. The standard InChI is InChI=1S/C43H54N8O7/c1-27-14-8-10-18-32(27)49-41(56)45-21-13-12-20-34(39(54)47-30-24-37(52)51(26-30)36(38(44)53)22-28-15-6-5-7-16-28)48-40(55)35(50-42(57)58-43(2,3)4)23-29-25-46-33-19-11-9-17-31(29)33/h5-11,14-19,25,30,34-36,46H,12-13,20-24,26H2,1-4H3,(H2,44,53)(H,47,54)(H,48,55)(H,50,57)(H2,45,49,56)/t30-,34+,35+,36+/m1/s1. The molecule has 0 radical (unpaired) electrons. The SMILES string of the molecule is Cc1ccccc1NC(=O)NCCCC[C@H](NC(=O)[C@H](Cc1c[nH]c2ccccc12)NC(=O)OC(C)(C)C)C(=O)N[C@@H]1CC(=O)N([C@@H](Cc2ccccc2)C(N)=O)C1. The van der Waals surface area contributed by atoms with Gasteiger partial charge in [0.05, 0.1) is 6.04 Å². The molecule has 2 heterocycles. The van der Waals surface area contributed by atoms with Crippen LogP contribution in [0, 0.1) is 6.92 Å². The van der Waals surface area contributed by atoms with Gasteiger partial charge in [-0.25, -0.2) is 9.59 Å². The van der Waals surface area contributed by atoms with Crippen LogP contribution >= 0.6 is 0 Å². The zero-order valence-electron chi connectivity index (χ0n) is 33.4. The first kappa shape index (κ1) is 42.8. The zero-order chi connectivity index (χ0) is 41.8. The van der Waals surface area contributed by atoms with Crippen molar-refractivity contribution in [3.8, 4) is 0 Å². The average Bonchev–Trinajstić information content (AvgIpc) is 3.75. The van der Waals surface area contributed by atoms with E-state index in [0.717, 1.165) is 27.6 Å². The smallest absolute Gasteiger partial charge is 0.408 e. The zero-order valence-corrected chi connectivity index (χ0v) is 33.4. The molecule has 3 aromatic carbocycles. The minimum Gasteiger partial charge on any atom is -0.444 e. The van der Waals surface area contributed by atoms with Crippen LogP contribution in [0.3, 0.4) is 0 Å². The van der Waals surface area contributed by atoms with E-state index in [0.29, 0.717) is 25.1 Å². The van der Waals surface area contributed by atoms with Crippen molar-refractivity contribution in [2.75, 3.05) is 18.4 Å². The van der Waals surface area contributed by atoms with Crippen LogP contribution in [-0.4, -0.2) is 88.5 Å². The van der Waals surface area contributed by atoms with E-state index in [1.165, 1.54) is 4.90 Å². The van der Waals surface area contributed by atoms with Gasteiger partial charge in [-0.3, -0.25) is 19.2 Å². The van der Waals surface area contributed by atoms with E-state index < -0.39 is 53.6 Å². The van der Waals surface area contributed by atoms with Gasteiger partial charge >= 0.3 is 12.1 Å². The van der Waals surface area contributed by atoms with Gasteiger partial charge in [-0.1, -0.05) is 66.7 Å². The number of carbonyl (C=O) groups is 6. The Balaban J connectivity index is 1.29. The highest BCUT2D eigenvalue weighted by Gasteiger charge is 2.39. The lowest BCUT2D eigenvalue weighted by Gasteiger charge is -2.27. The number of amides is 7. The number of para-hydroxylation sites is 2. The number of unbranched alkanes of at least 4 members (excludes halogenated alkanes) is 1. The summed E-state index contributed by atoms with van der Waals surface area (Å²) in [7, 11) is 0. The molecule has 0 aliphatic carbocycles. The number of fused-ring (bicyclic) bond motifs is 1. The number of nitrogens with one attached hydrogen (secondary N) is 6. The quantitative estimate of drug-likeness (QED) is 0.0773. The van der Waals surface area contributed by atoms with E-state index in [1.54, 1.807) is 33.0 Å². The first-order valence-electron chi connectivity index (χ1n) is 19.5. The molecule has 15 heteroatoms. The molecule has 308 valence electrons. The normalized spacial score (nSPS) is 15.6. The highest BCUT2D eigenvalue weighted by Crippen LogP contribution is 2.21. The van der Waals surface area contributed by atoms with Crippen molar-refractivity contribution in [2.24, 2.45) is 5.73 Å². The van der Waals surface area contributed by atoms with Crippen LogP contribution in [-0.2, 0) is 36.8 Å². The van der Waals surface area contributed by atoms with Crippen molar-refractivity contribution in [3.05, 3.63) is 102 Å². The Hall–Kier alpha value is -6.38. The van der Waals surface area contributed by atoms with E-state index in [1.807, 2.05) is 79.7 Å². The van der Waals surface area contributed by atoms with Crippen LogP contribution in [0.5, 0.6) is 0 Å². The average molecular weight is 795 g/mol. The van der Waals surface area contributed by atoms with Crippen LogP contribution < -0.4 is 32.3 Å². The first-order valence-corrected chi connectivity index (χ1v) is 19.5. The predicted octanol–water partition coefficient (Wildman–Crippen LogP) is 4.20. The summed E-state index contributed by atoms with van der Waals surface area (Å²) in [5.74, 6) is -2.15. The fourth-order valence-corrected chi connectivity index (χ4v) is 6.91. The summed E-state index contributed by atoms with van der Waals surface area (Å²) in [5.41, 5.74) is 8.99. The van der Waals surface area contributed by atoms with E-state index in [4.69, 9.17) is 10.5 Å².